The van der Waals surface area contributed by atoms with E-state index in [-0.39, 0.29) is 11.6 Å². The van der Waals surface area contributed by atoms with Crippen molar-refractivity contribution in [3.8, 4) is 0 Å². The fourth-order valence-corrected chi connectivity index (χ4v) is 5.08. The van der Waals surface area contributed by atoms with Gasteiger partial charge in [-0.15, -0.1) is 23.5 Å². The van der Waals surface area contributed by atoms with Crippen molar-refractivity contribution in [1.29, 1.82) is 0 Å². The number of carbonyl (C=O) groups is 2. The zero-order chi connectivity index (χ0) is 10.7. The van der Waals surface area contributed by atoms with Gasteiger partial charge in [-0.25, -0.2) is 0 Å². The van der Waals surface area contributed by atoms with Gasteiger partial charge in [-0.1, -0.05) is 15.9 Å². The predicted octanol–water partition coefficient (Wildman–Crippen LogP) is 2.62. The zero-order valence-corrected chi connectivity index (χ0v) is 11.2. The molecule has 78 valence electrons. The topological polar surface area (TPSA) is 34.1 Å². The minimum atomic E-state index is -0.122. The van der Waals surface area contributed by atoms with Gasteiger partial charge in [-0.05, 0) is 13.8 Å². The average molecular weight is 295 g/mol. The van der Waals surface area contributed by atoms with E-state index in [2.05, 4.69) is 15.9 Å². The Morgan fingerprint density at radius 3 is 2.36 bits per heavy atom. The first kappa shape index (κ1) is 12.3. The van der Waals surface area contributed by atoms with Crippen molar-refractivity contribution in [2.75, 3.05) is 11.1 Å². The van der Waals surface area contributed by atoms with Crippen LogP contribution in [0.4, 0.5) is 0 Å². The van der Waals surface area contributed by atoms with Crippen LogP contribution in [0.1, 0.15) is 13.8 Å². The zero-order valence-electron chi connectivity index (χ0n) is 8.00. The number of Topliss-reactive ketones (excluding diaryl/α,β-unsaturated/α-hetero) is 2. The summed E-state index contributed by atoms with van der Waals surface area (Å²) in [7, 11) is 0. The van der Waals surface area contributed by atoms with Crippen LogP contribution >= 0.6 is 39.5 Å². The fourth-order valence-electron chi connectivity index (χ4n) is 1.13. The second kappa shape index (κ2) is 5.37. The molecule has 1 rings (SSSR count). The standard InChI is InChI=1S/C9H11BrO2S2/c1-5(11)8(6(2)12)9-13-4-7(3-10)14-9/h7H,3-4H2,1-2H3. The summed E-state index contributed by atoms with van der Waals surface area (Å²) in [6, 6.07) is 0. The van der Waals surface area contributed by atoms with E-state index < -0.39 is 0 Å². The predicted molar refractivity (Wildman–Crippen MR) is 66.0 cm³/mol. The van der Waals surface area contributed by atoms with Crippen molar-refractivity contribution in [3.05, 3.63) is 9.81 Å². The molecule has 1 saturated heterocycles. The van der Waals surface area contributed by atoms with E-state index in [1.165, 1.54) is 13.8 Å². The highest BCUT2D eigenvalue weighted by atomic mass is 79.9. The van der Waals surface area contributed by atoms with Gasteiger partial charge in [0.25, 0.3) is 0 Å². The number of hydrogen-bond acceptors (Lipinski definition) is 4. The van der Waals surface area contributed by atoms with Gasteiger partial charge in [0.05, 0.1) is 9.81 Å². The monoisotopic (exact) mass is 294 g/mol. The Morgan fingerprint density at radius 2 is 2.00 bits per heavy atom. The third kappa shape index (κ3) is 2.87. The van der Waals surface area contributed by atoms with E-state index in [0.717, 1.165) is 15.3 Å². The maximum atomic E-state index is 11.3. The van der Waals surface area contributed by atoms with Crippen molar-refractivity contribution in [2.45, 2.75) is 19.1 Å². The normalized spacial score (nSPS) is 21.1. The number of allylic oxidation sites excluding steroid dienone is 1. The van der Waals surface area contributed by atoms with Gasteiger partial charge in [0.2, 0.25) is 0 Å². The van der Waals surface area contributed by atoms with Crippen LogP contribution in [0.5, 0.6) is 0 Å². The molecule has 0 saturated carbocycles. The van der Waals surface area contributed by atoms with Crippen molar-refractivity contribution in [2.24, 2.45) is 0 Å². The molecular formula is C9H11BrO2S2. The molecule has 0 aromatic rings. The molecule has 0 aromatic heterocycles. The molecule has 0 bridgehead atoms. The van der Waals surface area contributed by atoms with Crippen LogP contribution in [0.15, 0.2) is 9.81 Å². The summed E-state index contributed by atoms with van der Waals surface area (Å²) in [5, 5.41) is 1.38. The molecule has 1 atom stereocenters. The fraction of sp³-hybridized carbons (Fsp3) is 0.556. The number of rotatable bonds is 3. The van der Waals surface area contributed by atoms with Gasteiger partial charge in [0.15, 0.2) is 11.6 Å². The summed E-state index contributed by atoms with van der Waals surface area (Å²) in [5.41, 5.74) is 0.378. The number of hydrogen-bond donors (Lipinski definition) is 0. The maximum absolute atomic E-state index is 11.3. The highest BCUT2D eigenvalue weighted by molar-refractivity contribution is 9.09. The maximum Gasteiger partial charge on any atom is 0.165 e. The van der Waals surface area contributed by atoms with E-state index in [4.69, 9.17) is 0 Å². The van der Waals surface area contributed by atoms with Crippen molar-refractivity contribution >= 4 is 51.0 Å². The molecule has 0 amide bonds. The third-order valence-corrected chi connectivity index (χ3v) is 5.94. The van der Waals surface area contributed by atoms with E-state index in [9.17, 15) is 9.59 Å². The average Bonchev–Trinajstić information content (AvgIpc) is 2.51. The largest absolute Gasteiger partial charge is 0.294 e. The van der Waals surface area contributed by atoms with E-state index >= 15 is 0 Å². The molecule has 1 heterocycles. The van der Waals surface area contributed by atoms with Crippen molar-refractivity contribution in [3.63, 3.8) is 0 Å². The quantitative estimate of drug-likeness (QED) is 0.347. The van der Waals surface area contributed by atoms with Crippen LogP contribution in [0.3, 0.4) is 0 Å². The molecule has 1 aliphatic rings. The number of carbonyl (C=O) groups excluding carboxylic acids is 2. The molecule has 0 aliphatic carbocycles. The molecular weight excluding hydrogens is 284 g/mol. The number of halogens is 1. The van der Waals surface area contributed by atoms with Crippen molar-refractivity contribution in [1.82, 2.24) is 0 Å². The molecule has 1 aliphatic heterocycles. The smallest absolute Gasteiger partial charge is 0.165 e. The van der Waals surface area contributed by atoms with Crippen LogP contribution < -0.4 is 0 Å². The van der Waals surface area contributed by atoms with E-state index in [0.29, 0.717) is 10.8 Å². The van der Waals surface area contributed by atoms with Gasteiger partial charge in [0.1, 0.15) is 0 Å². The summed E-state index contributed by atoms with van der Waals surface area (Å²) >= 11 is 6.64. The van der Waals surface area contributed by atoms with Gasteiger partial charge in [0, 0.05) is 16.3 Å². The second-order valence-corrected chi connectivity index (χ2v) is 6.23. The first-order valence-electron chi connectivity index (χ1n) is 4.17. The van der Waals surface area contributed by atoms with Crippen LogP contribution in [-0.2, 0) is 9.59 Å². The first-order valence-corrected chi connectivity index (χ1v) is 7.16. The highest BCUT2D eigenvalue weighted by Gasteiger charge is 2.26. The molecule has 0 radical (unpaired) electrons. The Kier molecular flexibility index (Phi) is 4.73. The second-order valence-electron chi connectivity index (χ2n) is 2.98. The third-order valence-electron chi connectivity index (χ3n) is 1.75. The SMILES string of the molecule is CC(=O)C(C(C)=O)=C1SCC(CBr)S1. The van der Waals surface area contributed by atoms with Gasteiger partial charge >= 0.3 is 0 Å². The van der Waals surface area contributed by atoms with Crippen LogP contribution in [0, 0.1) is 0 Å². The Hall–Kier alpha value is 0.260. The lowest BCUT2D eigenvalue weighted by Gasteiger charge is -2.03. The summed E-state index contributed by atoms with van der Waals surface area (Å²) in [6.07, 6.45) is 0. The van der Waals surface area contributed by atoms with Crippen LogP contribution in [-0.4, -0.2) is 27.9 Å². The minimum absolute atomic E-state index is 0.122. The lowest BCUT2D eigenvalue weighted by Crippen LogP contribution is -2.07. The van der Waals surface area contributed by atoms with Gasteiger partial charge < -0.3 is 0 Å². The molecule has 14 heavy (non-hydrogen) atoms. The molecule has 1 unspecified atom stereocenters. The van der Waals surface area contributed by atoms with Gasteiger partial charge in [-0.3, -0.25) is 9.59 Å². The number of alkyl halides is 1. The number of ketones is 2. The van der Waals surface area contributed by atoms with E-state index in [1.807, 2.05) is 0 Å². The van der Waals surface area contributed by atoms with Crippen LogP contribution in [0.2, 0.25) is 0 Å². The lowest BCUT2D eigenvalue weighted by molar-refractivity contribution is -0.119. The molecule has 1 fully saturated rings. The first-order chi connectivity index (χ1) is 6.56. The molecule has 2 nitrogen and oxygen atoms in total. The molecule has 0 spiro atoms. The van der Waals surface area contributed by atoms with Gasteiger partial charge in [-0.2, -0.15) is 0 Å². The Labute approximate surface area is 100 Å². The Morgan fingerprint density at radius 1 is 1.43 bits per heavy atom. The molecule has 0 aromatic carbocycles. The summed E-state index contributed by atoms with van der Waals surface area (Å²) in [4.78, 5) is 22.5. The minimum Gasteiger partial charge on any atom is -0.294 e. The summed E-state index contributed by atoms with van der Waals surface area (Å²) in [6.45, 7) is 2.90. The van der Waals surface area contributed by atoms with Crippen LogP contribution in [0.25, 0.3) is 0 Å². The summed E-state index contributed by atoms with van der Waals surface area (Å²) in [5.74, 6) is 0.723. The highest BCUT2D eigenvalue weighted by Crippen LogP contribution is 2.44. The molecule has 5 heteroatoms. The number of thioether (sulfide) groups is 2. The Balaban J connectivity index is 2.91. The summed E-state index contributed by atoms with van der Waals surface area (Å²) < 4.78 is 0.898. The van der Waals surface area contributed by atoms with Crippen molar-refractivity contribution < 1.29 is 9.59 Å². The van der Waals surface area contributed by atoms with E-state index in [1.54, 1.807) is 23.5 Å². The lowest BCUT2D eigenvalue weighted by atomic mass is 10.1. The Bertz CT molecular complexity index is 283. The molecule has 0 N–H and O–H groups in total.